The molecule has 0 fully saturated rings. The zero-order valence-electron chi connectivity index (χ0n) is 27.5. The Bertz CT molecular complexity index is 2840. The number of anilines is 3. The Kier molecular flexibility index (Phi) is 7.00. The highest BCUT2D eigenvalue weighted by atomic mass is 32.1. The van der Waals surface area contributed by atoms with Crippen molar-refractivity contribution < 1.29 is 4.42 Å². The Morgan fingerprint density at radius 3 is 1.90 bits per heavy atom. The van der Waals surface area contributed by atoms with E-state index in [2.05, 4.69) is 157 Å². The summed E-state index contributed by atoms with van der Waals surface area (Å²) in [6.07, 6.45) is 0. The van der Waals surface area contributed by atoms with Crippen LogP contribution >= 0.6 is 11.3 Å². The average molecular weight is 671 g/mol. The summed E-state index contributed by atoms with van der Waals surface area (Å²) < 4.78 is 8.69. The van der Waals surface area contributed by atoms with Gasteiger partial charge in [0.2, 0.25) is 5.89 Å². The third kappa shape index (κ3) is 5.16. The van der Waals surface area contributed by atoms with Gasteiger partial charge in [-0.25, -0.2) is 4.98 Å². The third-order valence-electron chi connectivity index (χ3n) is 9.67. The number of rotatable bonds is 6. The molecule has 3 nitrogen and oxygen atoms in total. The predicted octanol–water partition coefficient (Wildman–Crippen LogP) is 13.8. The summed E-state index contributed by atoms with van der Waals surface area (Å²) in [4.78, 5) is 7.37. The highest BCUT2D eigenvalue weighted by Crippen LogP contribution is 2.47. The van der Waals surface area contributed by atoms with E-state index in [9.17, 15) is 0 Å². The average Bonchev–Trinajstić information content (AvgIpc) is 3.79. The van der Waals surface area contributed by atoms with Crippen LogP contribution in [0.2, 0.25) is 0 Å². The first-order valence-electron chi connectivity index (χ1n) is 17.1. The molecule has 51 heavy (non-hydrogen) atoms. The van der Waals surface area contributed by atoms with Gasteiger partial charge in [-0.05, 0) is 87.6 Å². The molecule has 0 aliphatic carbocycles. The maximum atomic E-state index is 6.30. The summed E-state index contributed by atoms with van der Waals surface area (Å²) in [5.41, 5.74) is 10.7. The number of oxazole rings is 1. The molecule has 0 aliphatic heterocycles. The molecule has 0 atom stereocenters. The van der Waals surface area contributed by atoms with Gasteiger partial charge in [0.25, 0.3) is 0 Å². The Morgan fingerprint density at radius 2 is 1.14 bits per heavy atom. The molecule has 0 amide bonds. The van der Waals surface area contributed by atoms with Crippen molar-refractivity contribution >= 4 is 70.4 Å². The molecule has 2 aromatic heterocycles. The summed E-state index contributed by atoms with van der Waals surface area (Å²) in [5.74, 6) is 0.637. The number of thiophene rings is 1. The van der Waals surface area contributed by atoms with Crippen LogP contribution in [0.3, 0.4) is 0 Å². The van der Waals surface area contributed by atoms with Crippen LogP contribution in [0.1, 0.15) is 0 Å². The topological polar surface area (TPSA) is 29.3 Å². The van der Waals surface area contributed by atoms with Gasteiger partial charge in [-0.1, -0.05) is 121 Å². The molecule has 2 heterocycles. The van der Waals surface area contributed by atoms with Gasteiger partial charge in [-0.3, -0.25) is 0 Å². The Hall–Kier alpha value is -6.49. The van der Waals surface area contributed by atoms with Crippen molar-refractivity contribution in [1.29, 1.82) is 0 Å². The number of aromatic nitrogens is 1. The van der Waals surface area contributed by atoms with Crippen LogP contribution < -0.4 is 4.90 Å². The first-order chi connectivity index (χ1) is 25.3. The normalized spacial score (nSPS) is 11.5. The van der Waals surface area contributed by atoms with Gasteiger partial charge in [0.05, 0.1) is 5.69 Å². The van der Waals surface area contributed by atoms with Crippen LogP contribution in [-0.4, -0.2) is 4.98 Å². The highest BCUT2D eigenvalue weighted by Gasteiger charge is 2.21. The van der Waals surface area contributed by atoms with Crippen molar-refractivity contribution in [2.75, 3.05) is 4.90 Å². The van der Waals surface area contributed by atoms with E-state index in [0.717, 1.165) is 33.7 Å². The lowest BCUT2D eigenvalue weighted by molar-refractivity contribution is 0.620. The SMILES string of the molecule is c1ccc(-c2ccc(N(c3cc(-c4ccccc4)c4ccccc4c3)c3cccc4sc5cc6oc(-c7ccccc7)nc6cc5c34)cc2)cc1. The quantitative estimate of drug-likeness (QED) is 0.176. The lowest BCUT2D eigenvalue weighted by atomic mass is 9.96. The van der Waals surface area contributed by atoms with Crippen LogP contribution in [0, 0.1) is 0 Å². The largest absolute Gasteiger partial charge is 0.436 e. The van der Waals surface area contributed by atoms with E-state index in [1.165, 1.54) is 53.2 Å². The molecule has 0 N–H and O–H groups in total. The van der Waals surface area contributed by atoms with E-state index >= 15 is 0 Å². The van der Waals surface area contributed by atoms with Crippen LogP contribution in [0.25, 0.3) is 75.8 Å². The lowest BCUT2D eigenvalue weighted by Crippen LogP contribution is -2.10. The third-order valence-corrected chi connectivity index (χ3v) is 10.8. The molecule has 0 radical (unpaired) electrons. The van der Waals surface area contributed by atoms with E-state index in [1.54, 1.807) is 11.3 Å². The number of nitrogens with zero attached hydrogens (tertiary/aromatic N) is 2. The van der Waals surface area contributed by atoms with Gasteiger partial charge < -0.3 is 9.32 Å². The second-order valence-corrected chi connectivity index (χ2v) is 13.9. The standard InChI is InChI=1S/C47H30N2OS/c1-4-13-31(14-5-1)32-23-25-36(26-24-32)49(37-27-35-19-10-11-20-38(35)39(28-37)33-15-6-2-7-16-33)42-21-12-22-44-46(42)40-29-41-43(30-45(40)51-44)50-47(48-41)34-17-8-3-9-18-34/h1-30H. The molecule has 0 saturated heterocycles. The summed E-state index contributed by atoms with van der Waals surface area (Å²) in [6.45, 7) is 0. The molecule has 0 unspecified atom stereocenters. The van der Waals surface area contributed by atoms with E-state index in [0.29, 0.717) is 5.89 Å². The van der Waals surface area contributed by atoms with Crippen LogP contribution in [0.5, 0.6) is 0 Å². The first kappa shape index (κ1) is 29.4. The zero-order valence-corrected chi connectivity index (χ0v) is 28.3. The summed E-state index contributed by atoms with van der Waals surface area (Å²) >= 11 is 1.79. The molecule has 240 valence electrons. The molecular weight excluding hydrogens is 641 g/mol. The molecule has 0 aliphatic rings. The molecular formula is C47H30N2OS. The minimum atomic E-state index is 0.637. The van der Waals surface area contributed by atoms with Gasteiger partial charge in [-0.15, -0.1) is 11.3 Å². The van der Waals surface area contributed by atoms with Gasteiger partial charge in [-0.2, -0.15) is 0 Å². The van der Waals surface area contributed by atoms with E-state index in [-0.39, 0.29) is 0 Å². The van der Waals surface area contributed by atoms with Crippen molar-refractivity contribution in [3.05, 3.63) is 182 Å². The van der Waals surface area contributed by atoms with Gasteiger partial charge >= 0.3 is 0 Å². The molecule has 8 aromatic carbocycles. The van der Waals surface area contributed by atoms with Crippen molar-refractivity contribution in [2.45, 2.75) is 0 Å². The predicted molar refractivity (Wildman–Crippen MR) is 215 cm³/mol. The molecule has 0 saturated carbocycles. The van der Waals surface area contributed by atoms with E-state index in [4.69, 9.17) is 9.40 Å². The zero-order chi connectivity index (χ0) is 33.7. The fraction of sp³-hybridized carbons (Fsp3) is 0. The fourth-order valence-electron chi connectivity index (χ4n) is 7.26. The Labute approximate surface area is 299 Å². The molecule has 0 spiro atoms. The number of benzene rings is 8. The van der Waals surface area contributed by atoms with Crippen molar-refractivity contribution in [3.63, 3.8) is 0 Å². The fourth-order valence-corrected chi connectivity index (χ4v) is 8.40. The van der Waals surface area contributed by atoms with Crippen molar-refractivity contribution in [2.24, 2.45) is 0 Å². The van der Waals surface area contributed by atoms with Crippen LogP contribution in [0.15, 0.2) is 186 Å². The first-order valence-corrected chi connectivity index (χ1v) is 17.9. The maximum Gasteiger partial charge on any atom is 0.227 e. The molecule has 10 rings (SSSR count). The summed E-state index contributed by atoms with van der Waals surface area (Å²) in [5, 5.41) is 4.79. The van der Waals surface area contributed by atoms with Crippen molar-refractivity contribution in [3.8, 4) is 33.7 Å². The highest BCUT2D eigenvalue weighted by molar-refractivity contribution is 7.26. The monoisotopic (exact) mass is 670 g/mol. The van der Waals surface area contributed by atoms with Crippen molar-refractivity contribution in [1.82, 2.24) is 4.98 Å². The summed E-state index contributed by atoms with van der Waals surface area (Å²) in [6, 6.07) is 64.7. The van der Waals surface area contributed by atoms with Crippen LogP contribution in [-0.2, 0) is 0 Å². The van der Waals surface area contributed by atoms with Gasteiger partial charge in [0.15, 0.2) is 5.58 Å². The number of fused-ring (bicyclic) bond motifs is 5. The smallest absolute Gasteiger partial charge is 0.227 e. The molecule has 4 heteroatoms. The molecule has 10 aromatic rings. The lowest BCUT2D eigenvalue weighted by Gasteiger charge is -2.28. The van der Waals surface area contributed by atoms with Gasteiger partial charge in [0, 0.05) is 43.2 Å². The van der Waals surface area contributed by atoms with Gasteiger partial charge in [0.1, 0.15) is 5.52 Å². The van der Waals surface area contributed by atoms with E-state index in [1.807, 2.05) is 30.3 Å². The minimum Gasteiger partial charge on any atom is -0.436 e. The number of hydrogen-bond donors (Lipinski definition) is 0. The number of hydrogen-bond acceptors (Lipinski definition) is 4. The van der Waals surface area contributed by atoms with E-state index < -0.39 is 0 Å². The summed E-state index contributed by atoms with van der Waals surface area (Å²) in [7, 11) is 0. The molecule has 0 bridgehead atoms. The van der Waals surface area contributed by atoms with Crippen LogP contribution in [0.4, 0.5) is 17.1 Å². The Morgan fingerprint density at radius 1 is 0.471 bits per heavy atom. The maximum absolute atomic E-state index is 6.30. The Balaban J connectivity index is 1.22. The second kappa shape index (κ2) is 12.1. The minimum absolute atomic E-state index is 0.637. The second-order valence-electron chi connectivity index (χ2n) is 12.8.